The number of nitrogen functional groups attached to an aromatic ring is 1. The van der Waals surface area contributed by atoms with Gasteiger partial charge in [-0.15, -0.1) is 0 Å². The number of carbonyl (C=O) groups excluding carboxylic acids is 1. The zero-order valence-electron chi connectivity index (χ0n) is 10.5. The molecular weight excluding hydrogens is 234 g/mol. The topological polar surface area (TPSA) is 91.7 Å². The number of rotatable bonds is 3. The number of hydrogen-bond acceptors (Lipinski definition) is 5. The molecule has 100 valence electrons. The van der Waals surface area contributed by atoms with Crippen molar-refractivity contribution in [2.75, 3.05) is 13.1 Å². The van der Waals surface area contributed by atoms with E-state index in [1.54, 1.807) is 6.07 Å². The van der Waals surface area contributed by atoms with Gasteiger partial charge in [0.25, 0.3) is 5.91 Å². The highest BCUT2D eigenvalue weighted by molar-refractivity contribution is 5.94. The number of hydrazine groups is 1. The molecule has 4 N–H and O–H groups in total. The fraction of sp³-hybridized carbons (Fsp3) is 0.583. The van der Waals surface area contributed by atoms with E-state index in [-0.39, 0.29) is 5.91 Å². The van der Waals surface area contributed by atoms with Gasteiger partial charge in [-0.3, -0.25) is 15.1 Å². The summed E-state index contributed by atoms with van der Waals surface area (Å²) in [6, 6.07) is 1.60. The number of hydrogen-bond donors (Lipinski definition) is 3. The van der Waals surface area contributed by atoms with Crippen molar-refractivity contribution in [1.82, 2.24) is 10.3 Å². The van der Waals surface area contributed by atoms with Crippen molar-refractivity contribution < 1.29 is 14.3 Å². The lowest BCUT2D eigenvalue weighted by Crippen LogP contribution is -2.45. The number of amides is 1. The molecule has 1 aromatic rings. The van der Waals surface area contributed by atoms with Crippen LogP contribution in [-0.2, 0) is 6.54 Å². The number of nitrogens with zero attached hydrogens (tertiary/aromatic N) is 1. The van der Waals surface area contributed by atoms with Gasteiger partial charge in [0, 0.05) is 6.54 Å². The first-order chi connectivity index (χ1) is 8.52. The van der Waals surface area contributed by atoms with E-state index in [2.05, 4.69) is 10.3 Å². The summed E-state index contributed by atoms with van der Waals surface area (Å²) in [5.74, 6) is 5.33. The molecule has 2 heterocycles. The highest BCUT2D eigenvalue weighted by Gasteiger charge is 2.29. The highest BCUT2D eigenvalue weighted by Crippen LogP contribution is 2.23. The molecule has 0 aliphatic carbocycles. The van der Waals surface area contributed by atoms with Gasteiger partial charge in [0.1, 0.15) is 5.76 Å². The fourth-order valence-electron chi connectivity index (χ4n) is 2.40. The smallest absolute Gasteiger partial charge is 0.268 e. The molecular formula is C12H19N3O3. The van der Waals surface area contributed by atoms with Crippen LogP contribution in [-0.4, -0.2) is 34.6 Å². The van der Waals surface area contributed by atoms with Gasteiger partial charge < -0.3 is 9.52 Å². The molecule has 0 saturated carbocycles. The van der Waals surface area contributed by atoms with Gasteiger partial charge >= 0.3 is 0 Å². The number of carbonyl (C=O) groups is 1. The first-order valence-corrected chi connectivity index (χ1v) is 6.04. The lowest BCUT2D eigenvalue weighted by atomic mass is 9.95. The van der Waals surface area contributed by atoms with Crippen LogP contribution in [0.1, 0.15) is 35.9 Å². The van der Waals surface area contributed by atoms with Crippen LogP contribution in [0, 0.1) is 0 Å². The summed E-state index contributed by atoms with van der Waals surface area (Å²) in [7, 11) is 0. The Labute approximate surface area is 106 Å². The number of nitrogens with one attached hydrogen (secondary N) is 1. The third-order valence-electron chi connectivity index (χ3n) is 3.24. The molecule has 1 aliphatic heterocycles. The number of piperidine rings is 1. The van der Waals surface area contributed by atoms with Crippen molar-refractivity contribution in [3.05, 3.63) is 23.7 Å². The van der Waals surface area contributed by atoms with Gasteiger partial charge in [0.05, 0.1) is 24.0 Å². The summed E-state index contributed by atoms with van der Waals surface area (Å²) in [5, 5.41) is 10.0. The predicted octanol–water partition coefficient (Wildman–Crippen LogP) is 0.230. The van der Waals surface area contributed by atoms with Crippen LogP contribution in [0.25, 0.3) is 0 Å². The maximum Gasteiger partial charge on any atom is 0.268 e. The molecule has 6 nitrogen and oxygen atoms in total. The Morgan fingerprint density at radius 1 is 1.72 bits per heavy atom. The van der Waals surface area contributed by atoms with Crippen LogP contribution in [0.3, 0.4) is 0 Å². The lowest BCUT2D eigenvalue weighted by Gasteiger charge is -2.36. The monoisotopic (exact) mass is 253 g/mol. The molecule has 1 amide bonds. The van der Waals surface area contributed by atoms with Crippen molar-refractivity contribution in [2.45, 2.75) is 31.9 Å². The Balaban J connectivity index is 2.05. The number of likely N-dealkylation sites (tertiary alicyclic amines) is 1. The quantitative estimate of drug-likeness (QED) is 0.407. The molecule has 1 saturated heterocycles. The summed E-state index contributed by atoms with van der Waals surface area (Å²) in [6.45, 7) is 3.80. The summed E-state index contributed by atoms with van der Waals surface area (Å²) < 4.78 is 5.32. The van der Waals surface area contributed by atoms with Gasteiger partial charge in [-0.1, -0.05) is 0 Å². The Morgan fingerprint density at radius 3 is 3.17 bits per heavy atom. The normalized spacial score (nSPS) is 25.1. The van der Waals surface area contributed by atoms with Crippen molar-refractivity contribution in [3.8, 4) is 0 Å². The second-order valence-electron chi connectivity index (χ2n) is 5.04. The standard InChI is InChI=1S/C12H19N3O3/c1-12(17)4-2-5-15(8-12)7-10-9(3-6-18-10)11(16)14-13/h3,6,17H,2,4-5,7-8,13H2,1H3,(H,14,16). The van der Waals surface area contributed by atoms with E-state index >= 15 is 0 Å². The second-order valence-corrected chi connectivity index (χ2v) is 5.04. The van der Waals surface area contributed by atoms with Gasteiger partial charge in [0.2, 0.25) is 0 Å². The molecule has 0 spiro atoms. The van der Waals surface area contributed by atoms with Crippen LogP contribution in [0.2, 0.25) is 0 Å². The van der Waals surface area contributed by atoms with Gasteiger partial charge in [0.15, 0.2) is 0 Å². The van der Waals surface area contributed by atoms with E-state index < -0.39 is 5.60 Å². The summed E-state index contributed by atoms with van der Waals surface area (Å²) in [4.78, 5) is 13.6. The molecule has 1 atom stereocenters. The minimum absolute atomic E-state index is 0.359. The van der Waals surface area contributed by atoms with E-state index in [0.29, 0.717) is 24.4 Å². The van der Waals surface area contributed by atoms with Crippen LogP contribution in [0.15, 0.2) is 16.7 Å². The summed E-state index contributed by atoms with van der Waals surface area (Å²) in [5.41, 5.74) is 1.88. The van der Waals surface area contributed by atoms with Crippen LogP contribution in [0.5, 0.6) is 0 Å². The molecule has 18 heavy (non-hydrogen) atoms. The van der Waals surface area contributed by atoms with E-state index in [1.807, 2.05) is 6.92 Å². The van der Waals surface area contributed by atoms with Crippen molar-refractivity contribution >= 4 is 5.91 Å². The van der Waals surface area contributed by atoms with E-state index in [0.717, 1.165) is 19.4 Å². The average Bonchev–Trinajstić information content (AvgIpc) is 2.75. The number of furan rings is 1. The lowest BCUT2D eigenvalue weighted by molar-refractivity contribution is -0.0199. The molecule has 1 aromatic heterocycles. The van der Waals surface area contributed by atoms with Crippen LogP contribution >= 0.6 is 0 Å². The summed E-state index contributed by atoms with van der Waals surface area (Å²) in [6.07, 6.45) is 3.21. The number of aliphatic hydroxyl groups is 1. The van der Waals surface area contributed by atoms with Gasteiger partial charge in [-0.05, 0) is 32.4 Å². The minimum atomic E-state index is -0.666. The minimum Gasteiger partial charge on any atom is -0.467 e. The van der Waals surface area contributed by atoms with Crippen molar-refractivity contribution in [3.63, 3.8) is 0 Å². The molecule has 6 heteroatoms. The average molecular weight is 253 g/mol. The SMILES string of the molecule is CC1(O)CCCN(Cc2occc2C(=O)NN)C1. The third kappa shape index (κ3) is 2.90. The molecule has 1 aliphatic rings. The van der Waals surface area contributed by atoms with Crippen molar-refractivity contribution in [2.24, 2.45) is 5.84 Å². The first kappa shape index (κ1) is 13.1. The summed E-state index contributed by atoms with van der Waals surface area (Å²) >= 11 is 0. The molecule has 0 aromatic carbocycles. The highest BCUT2D eigenvalue weighted by atomic mass is 16.3. The Morgan fingerprint density at radius 2 is 2.50 bits per heavy atom. The number of β-amino-alcohol motifs (C(OH)–C–C–N with tert-alkyl or cyclic N) is 1. The van der Waals surface area contributed by atoms with E-state index in [4.69, 9.17) is 10.3 Å². The zero-order valence-corrected chi connectivity index (χ0v) is 10.5. The van der Waals surface area contributed by atoms with Gasteiger partial charge in [-0.2, -0.15) is 0 Å². The Kier molecular flexibility index (Phi) is 3.70. The molecule has 1 fully saturated rings. The predicted molar refractivity (Wildman–Crippen MR) is 65.5 cm³/mol. The second kappa shape index (κ2) is 5.09. The van der Waals surface area contributed by atoms with E-state index in [9.17, 15) is 9.90 Å². The Hall–Kier alpha value is -1.37. The van der Waals surface area contributed by atoms with Crippen LogP contribution < -0.4 is 11.3 Å². The van der Waals surface area contributed by atoms with Crippen LogP contribution in [0.4, 0.5) is 0 Å². The molecule has 1 unspecified atom stereocenters. The fourth-order valence-corrected chi connectivity index (χ4v) is 2.40. The Bertz CT molecular complexity index is 428. The largest absolute Gasteiger partial charge is 0.467 e. The maximum absolute atomic E-state index is 11.5. The first-order valence-electron chi connectivity index (χ1n) is 6.04. The molecule has 0 radical (unpaired) electrons. The molecule has 2 rings (SSSR count). The third-order valence-corrected chi connectivity index (χ3v) is 3.24. The maximum atomic E-state index is 11.5. The van der Waals surface area contributed by atoms with Gasteiger partial charge in [-0.25, -0.2) is 5.84 Å². The zero-order chi connectivity index (χ0) is 13.2. The van der Waals surface area contributed by atoms with E-state index in [1.165, 1.54) is 6.26 Å². The number of nitrogens with two attached hydrogens (primary N) is 1. The molecule has 0 bridgehead atoms. The van der Waals surface area contributed by atoms with Crippen molar-refractivity contribution in [1.29, 1.82) is 0 Å².